The van der Waals surface area contributed by atoms with Crippen LogP contribution < -0.4 is 20.7 Å². The van der Waals surface area contributed by atoms with Crippen molar-refractivity contribution < 1.29 is 18.3 Å². The Morgan fingerprint density at radius 2 is 1.88 bits per heavy atom. The fourth-order valence-corrected chi connectivity index (χ4v) is 4.41. The monoisotopic (exact) mass is 447 g/mol. The van der Waals surface area contributed by atoms with Crippen molar-refractivity contribution in [3.05, 3.63) is 68.9 Å². The molecule has 0 N–H and O–H groups in total. The van der Waals surface area contributed by atoms with Crippen LogP contribution in [0.3, 0.4) is 0 Å². The number of fused-ring (bicyclic) bond motifs is 4. The van der Waals surface area contributed by atoms with E-state index >= 15 is 0 Å². The summed E-state index contributed by atoms with van der Waals surface area (Å²) in [5.41, 5.74) is 1.32. The van der Waals surface area contributed by atoms with E-state index in [1.165, 1.54) is 6.07 Å². The van der Waals surface area contributed by atoms with Gasteiger partial charge in [-0.15, -0.1) is 0 Å². The summed E-state index contributed by atoms with van der Waals surface area (Å²) in [6.07, 6.45) is 0. The second-order valence-electron chi connectivity index (χ2n) is 8.63. The highest BCUT2D eigenvalue weighted by molar-refractivity contribution is 5.97. The van der Waals surface area contributed by atoms with Gasteiger partial charge in [0.1, 0.15) is 18.1 Å². The Hall–Kier alpha value is -3.58. The Morgan fingerprint density at radius 1 is 1.03 bits per heavy atom. The fourth-order valence-electron chi connectivity index (χ4n) is 4.41. The molecule has 0 saturated carbocycles. The van der Waals surface area contributed by atoms with Crippen molar-refractivity contribution in [1.82, 2.24) is 4.90 Å². The third-order valence-corrected chi connectivity index (χ3v) is 5.69. The van der Waals surface area contributed by atoms with E-state index in [1.807, 2.05) is 31.2 Å². The topological polar surface area (TPSA) is 82.1 Å². The van der Waals surface area contributed by atoms with E-state index in [1.54, 1.807) is 12.1 Å². The highest BCUT2D eigenvalue weighted by Gasteiger charge is 2.24. The molecule has 0 amide bonds. The smallest absolute Gasteiger partial charge is 0.344 e. The Morgan fingerprint density at radius 3 is 2.67 bits per heavy atom. The van der Waals surface area contributed by atoms with E-state index in [9.17, 15) is 9.59 Å². The Labute approximate surface area is 190 Å². The van der Waals surface area contributed by atoms with Gasteiger partial charge < -0.3 is 18.3 Å². The molecule has 0 fully saturated rings. The van der Waals surface area contributed by atoms with E-state index in [0.717, 1.165) is 12.1 Å². The summed E-state index contributed by atoms with van der Waals surface area (Å²) in [5.74, 6) is 1.67. The van der Waals surface area contributed by atoms with Crippen molar-refractivity contribution in [2.45, 2.75) is 27.3 Å². The third-order valence-electron chi connectivity index (χ3n) is 5.69. The molecule has 0 spiro atoms. The van der Waals surface area contributed by atoms with Gasteiger partial charge in [0, 0.05) is 35.5 Å². The van der Waals surface area contributed by atoms with Gasteiger partial charge in [-0.05, 0) is 37.1 Å². The summed E-state index contributed by atoms with van der Waals surface area (Å²) in [6, 6.07) is 12.2. The molecule has 0 saturated heterocycles. The fraction of sp³-hybridized carbons (Fsp3) is 0.308. The molecule has 0 unspecified atom stereocenters. The largest absolute Gasteiger partial charge is 0.490 e. The number of rotatable bonds is 5. The van der Waals surface area contributed by atoms with Crippen molar-refractivity contribution in [2.24, 2.45) is 5.92 Å². The molecule has 2 aromatic carbocycles. The molecule has 33 heavy (non-hydrogen) atoms. The van der Waals surface area contributed by atoms with Crippen molar-refractivity contribution in [1.29, 1.82) is 0 Å². The van der Waals surface area contributed by atoms with Gasteiger partial charge in [0.15, 0.2) is 11.3 Å². The molecule has 3 heterocycles. The van der Waals surface area contributed by atoms with Gasteiger partial charge in [0.25, 0.3) is 0 Å². The number of ether oxygens (including phenoxy) is 2. The molecule has 170 valence electrons. The summed E-state index contributed by atoms with van der Waals surface area (Å²) >= 11 is 0. The van der Waals surface area contributed by atoms with E-state index in [0.29, 0.717) is 70.4 Å². The first-order valence-electron chi connectivity index (χ1n) is 11.1. The zero-order valence-electron chi connectivity index (χ0n) is 18.8. The lowest BCUT2D eigenvalue weighted by atomic mass is 9.99. The molecule has 0 radical (unpaired) electrons. The van der Waals surface area contributed by atoms with Crippen LogP contribution in [0.1, 0.15) is 26.3 Å². The number of para-hydroxylation sites is 1. The molecule has 2 aromatic heterocycles. The molecule has 0 atom stereocenters. The first kappa shape index (κ1) is 21.3. The van der Waals surface area contributed by atoms with Crippen LogP contribution in [0.2, 0.25) is 0 Å². The number of hydrogen-bond acceptors (Lipinski definition) is 7. The molecule has 4 aromatic rings. The van der Waals surface area contributed by atoms with Gasteiger partial charge in [0.05, 0.1) is 17.7 Å². The SMILES string of the molecule is CCOc1cccc2cc(-c3cc(=O)oc4c5c(ccc34)OCN(CC(C)C)C5)c(=O)oc12. The first-order valence-corrected chi connectivity index (χ1v) is 11.1. The Kier molecular flexibility index (Phi) is 5.42. The minimum atomic E-state index is -0.544. The number of nitrogens with zero attached hydrogens (tertiary/aromatic N) is 1. The van der Waals surface area contributed by atoms with Crippen molar-refractivity contribution in [3.63, 3.8) is 0 Å². The summed E-state index contributed by atoms with van der Waals surface area (Å²) in [4.78, 5) is 27.7. The molecule has 7 nitrogen and oxygen atoms in total. The van der Waals surface area contributed by atoms with Gasteiger partial charge in [-0.2, -0.15) is 0 Å². The molecule has 0 bridgehead atoms. The van der Waals surface area contributed by atoms with E-state index in [-0.39, 0.29) is 0 Å². The molecule has 1 aliphatic rings. The van der Waals surface area contributed by atoms with Gasteiger partial charge in [-0.3, -0.25) is 4.90 Å². The van der Waals surface area contributed by atoms with Crippen LogP contribution in [0.15, 0.2) is 60.9 Å². The van der Waals surface area contributed by atoms with Crippen LogP contribution in [-0.4, -0.2) is 24.8 Å². The maximum atomic E-state index is 13.0. The second-order valence-corrected chi connectivity index (χ2v) is 8.63. The van der Waals surface area contributed by atoms with Crippen LogP contribution in [0, 0.1) is 5.92 Å². The predicted molar refractivity (Wildman–Crippen MR) is 126 cm³/mol. The molecule has 0 aliphatic carbocycles. The quantitative estimate of drug-likeness (QED) is 0.408. The van der Waals surface area contributed by atoms with Crippen LogP contribution in [0.5, 0.6) is 11.5 Å². The van der Waals surface area contributed by atoms with Gasteiger partial charge >= 0.3 is 11.3 Å². The number of hydrogen-bond donors (Lipinski definition) is 0. The van der Waals surface area contributed by atoms with Crippen LogP contribution in [0.4, 0.5) is 0 Å². The van der Waals surface area contributed by atoms with Crippen molar-refractivity contribution in [2.75, 3.05) is 19.9 Å². The Bertz CT molecular complexity index is 1470. The summed E-state index contributed by atoms with van der Waals surface area (Å²) in [6.45, 7) is 8.55. The van der Waals surface area contributed by atoms with E-state index in [4.69, 9.17) is 18.3 Å². The third kappa shape index (κ3) is 3.89. The zero-order valence-corrected chi connectivity index (χ0v) is 18.8. The highest BCUT2D eigenvalue weighted by atomic mass is 16.5. The number of benzene rings is 2. The van der Waals surface area contributed by atoms with Crippen LogP contribution in [0.25, 0.3) is 33.1 Å². The maximum absolute atomic E-state index is 13.0. The lowest BCUT2D eigenvalue weighted by molar-refractivity contribution is 0.0848. The molecule has 5 rings (SSSR count). The van der Waals surface area contributed by atoms with Crippen LogP contribution in [-0.2, 0) is 6.54 Å². The summed E-state index contributed by atoms with van der Waals surface area (Å²) in [7, 11) is 0. The Balaban J connectivity index is 1.70. The minimum Gasteiger partial charge on any atom is -0.490 e. The van der Waals surface area contributed by atoms with Gasteiger partial charge in [-0.1, -0.05) is 26.0 Å². The maximum Gasteiger partial charge on any atom is 0.344 e. The predicted octanol–water partition coefficient (Wildman–Crippen LogP) is 4.77. The summed E-state index contributed by atoms with van der Waals surface area (Å²) < 4.78 is 22.8. The normalized spacial score (nSPS) is 13.9. The first-order chi connectivity index (χ1) is 15.9. The zero-order chi connectivity index (χ0) is 23.1. The van der Waals surface area contributed by atoms with Crippen molar-refractivity contribution in [3.8, 4) is 22.6 Å². The van der Waals surface area contributed by atoms with E-state index < -0.39 is 11.3 Å². The second kappa shape index (κ2) is 8.41. The van der Waals surface area contributed by atoms with E-state index in [2.05, 4.69) is 18.7 Å². The van der Waals surface area contributed by atoms with Gasteiger partial charge in [-0.25, -0.2) is 9.59 Å². The minimum absolute atomic E-state index is 0.296. The highest BCUT2D eigenvalue weighted by Crippen LogP contribution is 2.36. The lowest BCUT2D eigenvalue weighted by Gasteiger charge is -2.30. The molecule has 1 aliphatic heterocycles. The average Bonchev–Trinajstić information content (AvgIpc) is 2.78. The molecular formula is C26H25NO6. The molecule has 7 heteroatoms. The standard InChI is InChI=1S/C26H25NO6/c1-4-30-22-7-5-6-16-10-19(26(29)33-24(16)22)18-11-23(28)32-25-17(18)8-9-21-20(25)13-27(14-31-21)12-15(2)3/h5-11,15H,4,12-14H2,1-3H3. The van der Waals surface area contributed by atoms with Crippen molar-refractivity contribution >= 4 is 21.9 Å². The van der Waals surface area contributed by atoms with Crippen LogP contribution >= 0.6 is 0 Å². The lowest BCUT2D eigenvalue weighted by Crippen LogP contribution is -2.34. The van der Waals surface area contributed by atoms with Gasteiger partial charge in [0.2, 0.25) is 0 Å². The summed E-state index contributed by atoms with van der Waals surface area (Å²) in [5, 5.41) is 1.37. The molecular weight excluding hydrogens is 422 g/mol. The average molecular weight is 447 g/mol.